The van der Waals surface area contributed by atoms with E-state index >= 15 is 0 Å². The lowest BCUT2D eigenvalue weighted by Crippen LogP contribution is -2.19. The van der Waals surface area contributed by atoms with Crippen molar-refractivity contribution in [3.05, 3.63) is 10.5 Å². The molecule has 0 spiro atoms. The van der Waals surface area contributed by atoms with Gasteiger partial charge in [-0.15, -0.1) is 5.10 Å². The number of rotatable bonds is 4. The molecule has 84 valence electrons. The quantitative estimate of drug-likeness (QED) is 0.600. The maximum Gasteiger partial charge on any atom is 0.344 e. The van der Waals surface area contributed by atoms with Crippen LogP contribution in [0, 0.1) is 0 Å². The van der Waals surface area contributed by atoms with E-state index in [-0.39, 0.29) is 23.5 Å². The first-order chi connectivity index (χ1) is 7.06. The topological polar surface area (TPSA) is 77.0 Å². The molecule has 1 aromatic rings. The number of hydrogen-bond donors (Lipinski definition) is 1. The molecule has 0 fully saturated rings. The summed E-state index contributed by atoms with van der Waals surface area (Å²) in [6.45, 7) is 3.75. The maximum atomic E-state index is 11.3. The molecule has 0 aliphatic heterocycles. The minimum Gasteiger partial charge on any atom is -0.468 e. The molecule has 0 saturated carbocycles. The van der Waals surface area contributed by atoms with Crippen LogP contribution >= 0.6 is 11.8 Å². The number of methoxy groups -OCH3 is 1. The monoisotopic (exact) mass is 231 g/mol. The summed E-state index contributed by atoms with van der Waals surface area (Å²) in [6.07, 6.45) is 0. The number of esters is 1. The zero-order valence-electron chi connectivity index (χ0n) is 8.81. The van der Waals surface area contributed by atoms with Crippen LogP contribution in [0.15, 0.2) is 9.95 Å². The predicted octanol–water partition coefficient (Wildman–Crippen LogP) is 0.417. The van der Waals surface area contributed by atoms with Crippen LogP contribution in [-0.4, -0.2) is 33.6 Å². The van der Waals surface area contributed by atoms with Gasteiger partial charge in [-0.25, -0.2) is 9.89 Å². The molecule has 15 heavy (non-hydrogen) atoms. The highest BCUT2D eigenvalue weighted by atomic mass is 32.2. The Morgan fingerprint density at radius 2 is 2.33 bits per heavy atom. The van der Waals surface area contributed by atoms with Crippen molar-refractivity contribution in [2.24, 2.45) is 0 Å². The van der Waals surface area contributed by atoms with E-state index < -0.39 is 0 Å². The van der Waals surface area contributed by atoms with Gasteiger partial charge in [-0.05, 0) is 13.8 Å². The molecule has 1 aromatic heterocycles. The van der Waals surface area contributed by atoms with Gasteiger partial charge in [-0.2, -0.15) is 0 Å². The summed E-state index contributed by atoms with van der Waals surface area (Å²) < 4.78 is 5.99. The molecule has 6 nitrogen and oxygen atoms in total. The molecule has 0 atom stereocenters. The third-order valence-corrected chi connectivity index (χ3v) is 2.66. The largest absolute Gasteiger partial charge is 0.468 e. The van der Waals surface area contributed by atoms with Crippen LogP contribution in [0.1, 0.15) is 19.9 Å². The van der Waals surface area contributed by atoms with Crippen LogP contribution in [-0.2, 0) is 9.53 Å². The van der Waals surface area contributed by atoms with Gasteiger partial charge >= 0.3 is 11.7 Å². The van der Waals surface area contributed by atoms with E-state index in [0.717, 1.165) is 0 Å². The highest BCUT2D eigenvalue weighted by molar-refractivity contribution is 7.99. The number of H-pyrrole nitrogens is 1. The zero-order chi connectivity index (χ0) is 11.4. The van der Waals surface area contributed by atoms with Crippen molar-refractivity contribution in [3.8, 4) is 0 Å². The Hall–Kier alpha value is -1.24. The molecule has 0 aliphatic carbocycles. The molecule has 0 amide bonds. The molecule has 1 heterocycles. The summed E-state index contributed by atoms with van der Waals surface area (Å²) in [4.78, 5) is 22.2. The van der Waals surface area contributed by atoms with Crippen molar-refractivity contribution in [1.82, 2.24) is 14.8 Å². The lowest BCUT2D eigenvalue weighted by Gasteiger charge is -2.07. The molecule has 0 saturated heterocycles. The average Bonchev–Trinajstić information content (AvgIpc) is 2.56. The van der Waals surface area contributed by atoms with Gasteiger partial charge in [-0.3, -0.25) is 9.36 Å². The Kier molecular flexibility index (Phi) is 3.96. The smallest absolute Gasteiger partial charge is 0.344 e. The molecule has 0 aliphatic rings. The Balaban J connectivity index is 2.77. The standard InChI is InChI=1S/C8H13N3O3S/c1-5(2)11-7(13)9-10-8(11)15-4-6(12)14-3/h5H,4H2,1-3H3,(H,9,13). The minimum atomic E-state index is -0.342. The van der Waals surface area contributed by atoms with Crippen molar-refractivity contribution < 1.29 is 9.53 Å². The van der Waals surface area contributed by atoms with Crippen LogP contribution in [0.3, 0.4) is 0 Å². The fourth-order valence-electron chi connectivity index (χ4n) is 1.03. The lowest BCUT2D eigenvalue weighted by atomic mass is 10.4. The second-order valence-corrected chi connectivity index (χ2v) is 4.08. The van der Waals surface area contributed by atoms with E-state index in [1.54, 1.807) is 0 Å². The second-order valence-electron chi connectivity index (χ2n) is 3.14. The SMILES string of the molecule is COC(=O)CSc1n[nH]c(=O)n1C(C)C. The van der Waals surface area contributed by atoms with E-state index in [0.29, 0.717) is 5.16 Å². The van der Waals surface area contributed by atoms with Gasteiger partial charge in [0.15, 0.2) is 5.16 Å². The number of nitrogens with one attached hydrogen (secondary N) is 1. The van der Waals surface area contributed by atoms with Gasteiger partial charge in [0.2, 0.25) is 0 Å². The fourth-order valence-corrected chi connectivity index (χ4v) is 1.94. The van der Waals surface area contributed by atoms with Gasteiger partial charge in [0, 0.05) is 6.04 Å². The van der Waals surface area contributed by atoms with Gasteiger partial charge in [-0.1, -0.05) is 11.8 Å². The number of carbonyl (C=O) groups excluding carboxylic acids is 1. The number of nitrogens with zero attached hydrogens (tertiary/aromatic N) is 2. The first-order valence-corrected chi connectivity index (χ1v) is 5.41. The van der Waals surface area contributed by atoms with Crippen LogP contribution in [0.5, 0.6) is 0 Å². The van der Waals surface area contributed by atoms with Gasteiger partial charge in [0.05, 0.1) is 12.9 Å². The van der Waals surface area contributed by atoms with Gasteiger partial charge in [0.1, 0.15) is 0 Å². The molecular weight excluding hydrogens is 218 g/mol. The molecular formula is C8H13N3O3S. The Labute approximate surface area is 91.0 Å². The summed E-state index contributed by atoms with van der Waals surface area (Å²) in [5.74, 6) is -0.196. The molecule has 0 bridgehead atoms. The Morgan fingerprint density at radius 1 is 1.67 bits per heavy atom. The van der Waals surface area contributed by atoms with Gasteiger partial charge < -0.3 is 4.74 Å². The minimum absolute atomic E-state index is 0.0106. The first-order valence-electron chi connectivity index (χ1n) is 4.42. The van der Waals surface area contributed by atoms with Crippen molar-refractivity contribution in [2.45, 2.75) is 25.0 Å². The number of hydrogen-bond acceptors (Lipinski definition) is 5. The molecule has 1 N–H and O–H groups in total. The first kappa shape index (κ1) is 11.8. The van der Waals surface area contributed by atoms with Crippen LogP contribution < -0.4 is 5.69 Å². The third kappa shape index (κ3) is 2.85. The molecule has 7 heteroatoms. The number of thioether (sulfide) groups is 1. The number of aromatic nitrogens is 3. The van der Waals surface area contributed by atoms with E-state index in [4.69, 9.17) is 0 Å². The number of ether oxygens (including phenoxy) is 1. The highest BCUT2D eigenvalue weighted by Crippen LogP contribution is 2.16. The number of aromatic amines is 1. The van der Waals surface area contributed by atoms with E-state index in [9.17, 15) is 9.59 Å². The summed E-state index contributed by atoms with van der Waals surface area (Å²) >= 11 is 1.17. The van der Waals surface area contributed by atoms with E-state index in [2.05, 4.69) is 14.9 Å². The second kappa shape index (κ2) is 5.01. The summed E-state index contributed by atoms with van der Waals surface area (Å²) in [6, 6.07) is 0.0106. The molecule has 1 rings (SSSR count). The Bertz CT molecular complexity index is 396. The number of carbonyl (C=O) groups is 1. The average molecular weight is 231 g/mol. The highest BCUT2D eigenvalue weighted by Gasteiger charge is 2.13. The zero-order valence-corrected chi connectivity index (χ0v) is 9.63. The van der Waals surface area contributed by atoms with Crippen LogP contribution in [0.2, 0.25) is 0 Å². The van der Waals surface area contributed by atoms with E-state index in [1.807, 2.05) is 13.8 Å². The van der Waals surface area contributed by atoms with Crippen LogP contribution in [0.4, 0.5) is 0 Å². The summed E-state index contributed by atoms with van der Waals surface area (Å²) in [7, 11) is 1.32. The Morgan fingerprint density at radius 3 is 2.87 bits per heavy atom. The van der Waals surface area contributed by atoms with E-state index in [1.165, 1.54) is 23.4 Å². The van der Waals surface area contributed by atoms with Crippen molar-refractivity contribution in [3.63, 3.8) is 0 Å². The molecule has 0 unspecified atom stereocenters. The third-order valence-electron chi connectivity index (χ3n) is 1.74. The lowest BCUT2D eigenvalue weighted by molar-refractivity contribution is -0.137. The maximum absolute atomic E-state index is 11.3. The summed E-state index contributed by atoms with van der Waals surface area (Å²) in [5, 5.41) is 6.67. The van der Waals surface area contributed by atoms with Crippen molar-refractivity contribution in [2.75, 3.05) is 12.9 Å². The summed E-state index contributed by atoms with van der Waals surface area (Å²) in [5.41, 5.74) is -0.266. The molecule has 0 aromatic carbocycles. The fraction of sp³-hybridized carbons (Fsp3) is 0.625. The predicted molar refractivity (Wildman–Crippen MR) is 56.0 cm³/mol. The van der Waals surface area contributed by atoms with Crippen molar-refractivity contribution >= 4 is 17.7 Å². The normalized spacial score (nSPS) is 10.7. The molecule has 0 radical (unpaired) electrons. The van der Waals surface area contributed by atoms with Crippen molar-refractivity contribution in [1.29, 1.82) is 0 Å². The van der Waals surface area contributed by atoms with Gasteiger partial charge in [0.25, 0.3) is 0 Å². The van der Waals surface area contributed by atoms with Crippen LogP contribution in [0.25, 0.3) is 0 Å².